The minimum absolute atomic E-state index is 0.0294. The fraction of sp³-hybridized carbons (Fsp3) is 0.743. The predicted molar refractivity (Wildman–Crippen MR) is 167 cm³/mol. The number of hydrogen-bond acceptors (Lipinski definition) is 9. The molecule has 7 atom stereocenters. The number of rotatable bonds is 9. The molecule has 0 radical (unpaired) electrons. The van der Waals surface area contributed by atoms with Gasteiger partial charge in [0.25, 0.3) is 0 Å². The summed E-state index contributed by atoms with van der Waals surface area (Å²) in [7, 11) is 1.83. The highest BCUT2D eigenvalue weighted by atomic mass is 16.6. The second-order valence-corrected chi connectivity index (χ2v) is 16.3. The van der Waals surface area contributed by atoms with Crippen LogP contribution < -0.4 is 4.74 Å². The number of carboxylic acids is 3. The molecule has 6 N–H and O–H groups in total. The van der Waals surface area contributed by atoms with Crippen LogP contribution in [0.25, 0.3) is 0 Å². The number of ether oxygens (including phenoxy) is 2. The fourth-order valence-corrected chi connectivity index (χ4v) is 10.3. The van der Waals surface area contributed by atoms with Gasteiger partial charge in [0.05, 0.1) is 18.4 Å². The van der Waals surface area contributed by atoms with Crippen LogP contribution in [0.1, 0.15) is 90.2 Å². The average Bonchev–Trinajstić information content (AvgIpc) is 3.71. The molecule has 1 aromatic rings. The molecule has 0 unspecified atom stereocenters. The van der Waals surface area contributed by atoms with Crippen LogP contribution in [0.15, 0.2) is 12.1 Å². The van der Waals surface area contributed by atoms with Crippen LogP contribution >= 0.6 is 0 Å². The first-order valence-corrected chi connectivity index (χ1v) is 16.7. The lowest BCUT2D eigenvalue weighted by atomic mass is 9.33. The van der Waals surface area contributed by atoms with Crippen LogP contribution in [-0.4, -0.2) is 103 Å². The summed E-state index contributed by atoms with van der Waals surface area (Å²) in [5, 5.41) is 57.0. The normalized spacial score (nSPS) is 34.7. The number of fused-ring (bicyclic) bond motifs is 2. The highest BCUT2D eigenvalue weighted by Crippen LogP contribution is 2.78. The molecular formula is C35H49NO11. The summed E-state index contributed by atoms with van der Waals surface area (Å²) < 4.78 is 13.5. The van der Waals surface area contributed by atoms with Gasteiger partial charge in [0.15, 0.2) is 17.1 Å². The van der Waals surface area contributed by atoms with Crippen molar-refractivity contribution in [2.24, 2.45) is 22.7 Å². The number of likely N-dealkylation sites (tertiary alicyclic amines) is 1. The van der Waals surface area contributed by atoms with Crippen molar-refractivity contribution in [3.05, 3.63) is 23.3 Å². The van der Waals surface area contributed by atoms with Crippen molar-refractivity contribution in [3.63, 3.8) is 0 Å². The van der Waals surface area contributed by atoms with E-state index >= 15 is 0 Å². The van der Waals surface area contributed by atoms with Crippen molar-refractivity contribution < 1.29 is 54.5 Å². The molecule has 260 valence electrons. The maximum absolute atomic E-state index is 12.2. The molecule has 2 aliphatic heterocycles. The average molecular weight is 660 g/mol. The predicted octanol–water partition coefficient (Wildman–Crippen LogP) is 3.17. The van der Waals surface area contributed by atoms with Crippen LogP contribution in [-0.2, 0) is 31.0 Å². The number of phenolic OH excluding ortho intramolecular Hbond substituents is 1. The van der Waals surface area contributed by atoms with Crippen molar-refractivity contribution >= 4 is 17.9 Å². The number of hydrogen-bond donors (Lipinski definition) is 6. The molecule has 5 aliphatic carbocycles. The summed E-state index contributed by atoms with van der Waals surface area (Å²) in [6.07, 6.45) is 5.35. The fourth-order valence-electron chi connectivity index (χ4n) is 10.3. The van der Waals surface area contributed by atoms with E-state index < -0.39 is 47.6 Å². The summed E-state index contributed by atoms with van der Waals surface area (Å²) in [6, 6.07) is 4.46. The molecule has 2 spiro atoms. The van der Waals surface area contributed by atoms with Gasteiger partial charge < -0.3 is 40.1 Å². The van der Waals surface area contributed by atoms with Gasteiger partial charge in [-0.2, -0.15) is 0 Å². The first kappa shape index (κ1) is 34.0. The lowest BCUT2D eigenvalue weighted by Crippen LogP contribution is -2.83. The molecule has 4 bridgehead atoms. The number of nitrogens with zero attached hydrogens (tertiary/aromatic N) is 1. The number of carbonyl (C=O) groups is 3. The molecule has 47 heavy (non-hydrogen) atoms. The molecule has 7 aliphatic rings. The Bertz CT molecular complexity index is 1460. The zero-order valence-electron chi connectivity index (χ0n) is 27.9. The summed E-state index contributed by atoms with van der Waals surface area (Å²) in [6.45, 7) is 10.8. The maximum atomic E-state index is 12.2. The van der Waals surface area contributed by atoms with Crippen molar-refractivity contribution in [1.82, 2.24) is 4.90 Å². The maximum Gasteiger partial charge on any atom is 0.336 e. The Balaban J connectivity index is 0.000000255. The number of aliphatic hydroxyl groups is 2. The third-order valence-electron chi connectivity index (χ3n) is 13.1. The third-order valence-corrected chi connectivity index (χ3v) is 13.1. The van der Waals surface area contributed by atoms with E-state index in [-0.39, 0.29) is 34.0 Å². The second-order valence-electron chi connectivity index (χ2n) is 16.3. The molecule has 12 heteroatoms. The van der Waals surface area contributed by atoms with Gasteiger partial charge in [0, 0.05) is 42.0 Å². The summed E-state index contributed by atoms with van der Waals surface area (Å²) in [5.41, 5.74) is -1.96. The molecule has 4 saturated carbocycles. The smallest absolute Gasteiger partial charge is 0.336 e. The topological polar surface area (TPSA) is 194 Å². The van der Waals surface area contributed by atoms with Crippen LogP contribution in [0, 0.1) is 22.7 Å². The number of benzene rings is 1. The standard InChI is InChI=1S/C29H41NO4.C6H8O7/c1-25(2,3)26(4,32)20-15-27-10-11-29(20,33-5)24-28(27)12-13-30(16-17-6-7-17)21(27)14-18-8-9-19(31)23(34-24)22(18)28;7-3(8)1-6(13,5(11)12)2-4(9)10/h8-9,17,20-21,24,31-32H,6-7,10-16H2,1-5H3;13H,1-2H2,(H,7,8)(H,9,10)(H,11,12)/t20-,21-,24-,26+,27-,28+,29-;/m1./s1. The summed E-state index contributed by atoms with van der Waals surface area (Å²) in [5.74, 6) is -3.22. The van der Waals surface area contributed by atoms with E-state index in [9.17, 15) is 24.6 Å². The Morgan fingerprint density at radius 2 is 1.64 bits per heavy atom. The zero-order chi connectivity index (χ0) is 34.5. The summed E-state index contributed by atoms with van der Waals surface area (Å²) >= 11 is 0. The summed E-state index contributed by atoms with van der Waals surface area (Å²) in [4.78, 5) is 33.3. The monoisotopic (exact) mass is 659 g/mol. The molecule has 5 fully saturated rings. The number of methoxy groups -OCH3 is 1. The second kappa shape index (κ2) is 10.8. The van der Waals surface area contributed by atoms with Crippen LogP contribution in [0.5, 0.6) is 11.5 Å². The van der Waals surface area contributed by atoms with Crippen molar-refractivity contribution in [2.75, 3.05) is 20.2 Å². The number of aliphatic carboxylic acids is 3. The Kier molecular flexibility index (Phi) is 7.79. The largest absolute Gasteiger partial charge is 0.504 e. The zero-order valence-corrected chi connectivity index (χ0v) is 27.9. The highest BCUT2D eigenvalue weighted by Gasteiger charge is 2.82. The van der Waals surface area contributed by atoms with E-state index in [0.717, 1.165) is 44.6 Å². The van der Waals surface area contributed by atoms with E-state index in [0.29, 0.717) is 11.8 Å². The first-order chi connectivity index (χ1) is 21.8. The number of carboxylic acid groups (broad SMARTS) is 3. The van der Waals surface area contributed by atoms with E-state index in [2.05, 4.69) is 31.7 Å². The van der Waals surface area contributed by atoms with Gasteiger partial charge in [-0.05, 0) is 81.4 Å². The van der Waals surface area contributed by atoms with Gasteiger partial charge in [0.1, 0.15) is 11.7 Å². The molecule has 12 nitrogen and oxygen atoms in total. The van der Waals surface area contributed by atoms with E-state index in [1.54, 1.807) is 0 Å². The molecule has 8 rings (SSSR count). The lowest BCUT2D eigenvalue weighted by Gasteiger charge is -2.75. The molecule has 0 aromatic heterocycles. The minimum atomic E-state index is -2.74. The quantitative estimate of drug-likeness (QED) is 0.227. The molecular weight excluding hydrogens is 610 g/mol. The van der Waals surface area contributed by atoms with Crippen LogP contribution in [0.4, 0.5) is 0 Å². The van der Waals surface area contributed by atoms with Crippen LogP contribution in [0.2, 0.25) is 0 Å². The molecule has 1 aromatic carbocycles. The van der Waals surface area contributed by atoms with E-state index in [4.69, 9.17) is 29.9 Å². The van der Waals surface area contributed by atoms with Crippen molar-refractivity contribution in [3.8, 4) is 11.5 Å². The molecule has 2 heterocycles. The van der Waals surface area contributed by atoms with Gasteiger partial charge in [-0.3, -0.25) is 14.5 Å². The highest BCUT2D eigenvalue weighted by molar-refractivity contribution is 5.88. The SMILES string of the molecule is CO[C@]12CC[C@@]3(C[C@@H]1[C@](C)(O)C(C)(C)C)[C@H]1Cc4ccc(O)c5c4[C@@]3(CCN1CC1CC1)[C@H]2O5.O=C(O)CC(O)(CC(=O)O)C(=O)O. The van der Waals surface area contributed by atoms with Gasteiger partial charge in [-0.25, -0.2) is 4.79 Å². The van der Waals surface area contributed by atoms with Gasteiger partial charge in [-0.15, -0.1) is 0 Å². The van der Waals surface area contributed by atoms with E-state index in [1.165, 1.54) is 30.5 Å². The number of aromatic hydroxyl groups is 1. The van der Waals surface area contributed by atoms with Crippen molar-refractivity contribution in [1.29, 1.82) is 0 Å². The van der Waals surface area contributed by atoms with Crippen LogP contribution in [0.3, 0.4) is 0 Å². The minimum Gasteiger partial charge on any atom is -0.504 e. The Morgan fingerprint density at radius 1 is 1.00 bits per heavy atom. The molecule has 0 amide bonds. The van der Waals surface area contributed by atoms with Gasteiger partial charge in [0.2, 0.25) is 0 Å². The first-order valence-electron chi connectivity index (χ1n) is 16.7. The Hall–Kier alpha value is -2.93. The number of piperidine rings is 1. The van der Waals surface area contributed by atoms with Gasteiger partial charge in [-0.1, -0.05) is 26.8 Å². The molecule has 1 saturated heterocycles. The lowest BCUT2D eigenvalue weighted by molar-refractivity contribution is -0.312. The van der Waals surface area contributed by atoms with E-state index in [1.807, 2.05) is 20.1 Å². The van der Waals surface area contributed by atoms with Gasteiger partial charge >= 0.3 is 17.9 Å². The number of phenols is 1. The Labute approximate surface area is 274 Å². The third kappa shape index (κ3) is 4.72. The Morgan fingerprint density at radius 3 is 2.17 bits per heavy atom. The van der Waals surface area contributed by atoms with Crippen molar-refractivity contribution in [2.45, 2.75) is 120 Å².